The number of hydrogen-bond acceptors (Lipinski definition) is 5. The highest BCUT2D eigenvalue weighted by atomic mass is 79.9. The zero-order chi connectivity index (χ0) is 14.0. The van der Waals surface area contributed by atoms with Crippen molar-refractivity contribution in [2.75, 3.05) is 6.61 Å². The third kappa shape index (κ3) is 3.73. The van der Waals surface area contributed by atoms with Crippen molar-refractivity contribution in [2.24, 2.45) is 5.92 Å². The van der Waals surface area contributed by atoms with Crippen LogP contribution < -0.4 is 0 Å². The van der Waals surface area contributed by atoms with Gasteiger partial charge in [-0.25, -0.2) is 13.2 Å². The topological polar surface area (TPSA) is 73.6 Å². The molecule has 0 saturated heterocycles. The molecular formula is C11H12BrClO5S. The van der Waals surface area contributed by atoms with Gasteiger partial charge in [-0.2, -0.15) is 0 Å². The van der Waals surface area contributed by atoms with Crippen LogP contribution in [0.3, 0.4) is 0 Å². The average molecular weight is 372 g/mol. The predicted octanol–water partition coefficient (Wildman–Crippen LogP) is 3.32. The Balaban J connectivity index is 2.03. The van der Waals surface area contributed by atoms with E-state index in [4.69, 9.17) is 19.8 Å². The van der Waals surface area contributed by atoms with E-state index in [1.54, 1.807) is 0 Å². The van der Waals surface area contributed by atoms with Crippen LogP contribution in [0.2, 0.25) is 0 Å². The molecule has 0 N–H and O–H groups in total. The van der Waals surface area contributed by atoms with Crippen LogP contribution in [-0.4, -0.2) is 21.0 Å². The molecule has 0 atom stereocenters. The largest absolute Gasteiger partial charge is 0.460 e. The smallest absolute Gasteiger partial charge is 0.374 e. The summed E-state index contributed by atoms with van der Waals surface area (Å²) < 4.78 is 32.4. The van der Waals surface area contributed by atoms with Crippen molar-refractivity contribution in [3.63, 3.8) is 0 Å². The molecule has 1 heterocycles. The Morgan fingerprint density at radius 2 is 2.11 bits per heavy atom. The normalized spacial score (nSPS) is 16.7. The minimum absolute atomic E-state index is 0.102. The van der Waals surface area contributed by atoms with Gasteiger partial charge < -0.3 is 9.15 Å². The third-order valence-electron chi connectivity index (χ3n) is 3.04. The number of esters is 1. The summed E-state index contributed by atoms with van der Waals surface area (Å²) in [7, 11) is 1.24. The zero-order valence-electron chi connectivity index (χ0n) is 9.90. The van der Waals surface area contributed by atoms with Gasteiger partial charge in [0.15, 0.2) is 4.67 Å². The number of halogens is 2. The fourth-order valence-corrected chi connectivity index (χ4v) is 4.09. The maximum Gasteiger partial charge on any atom is 0.374 e. The molecule has 0 aliphatic heterocycles. The minimum Gasteiger partial charge on any atom is -0.460 e. The van der Waals surface area contributed by atoms with Gasteiger partial charge in [-0.05, 0) is 34.7 Å². The SMILES string of the molecule is O=C(OCC1CCCC1)c1cc(S(=O)(=O)Cl)c(Br)o1. The van der Waals surface area contributed by atoms with E-state index in [2.05, 4.69) is 15.9 Å². The monoisotopic (exact) mass is 370 g/mol. The summed E-state index contributed by atoms with van der Waals surface area (Å²) in [6.07, 6.45) is 4.42. The van der Waals surface area contributed by atoms with Crippen LogP contribution in [0.4, 0.5) is 0 Å². The molecule has 106 valence electrons. The molecule has 0 spiro atoms. The molecule has 1 aliphatic rings. The molecule has 0 unspecified atom stereocenters. The van der Waals surface area contributed by atoms with Crippen LogP contribution in [0.25, 0.3) is 0 Å². The van der Waals surface area contributed by atoms with Crippen LogP contribution >= 0.6 is 26.6 Å². The van der Waals surface area contributed by atoms with Gasteiger partial charge in [-0.15, -0.1) is 0 Å². The van der Waals surface area contributed by atoms with Crippen molar-refractivity contribution in [1.82, 2.24) is 0 Å². The van der Waals surface area contributed by atoms with Crippen molar-refractivity contribution in [3.8, 4) is 0 Å². The lowest BCUT2D eigenvalue weighted by atomic mass is 10.1. The van der Waals surface area contributed by atoms with E-state index >= 15 is 0 Å². The van der Waals surface area contributed by atoms with E-state index < -0.39 is 15.0 Å². The maximum atomic E-state index is 11.7. The van der Waals surface area contributed by atoms with Crippen LogP contribution in [0.1, 0.15) is 36.2 Å². The Labute approximate surface area is 123 Å². The lowest BCUT2D eigenvalue weighted by Gasteiger charge is -2.08. The summed E-state index contributed by atoms with van der Waals surface area (Å²) in [6.45, 7) is 0.333. The van der Waals surface area contributed by atoms with Gasteiger partial charge >= 0.3 is 5.97 Å². The van der Waals surface area contributed by atoms with Crippen molar-refractivity contribution in [2.45, 2.75) is 30.6 Å². The highest BCUT2D eigenvalue weighted by Gasteiger charge is 2.25. The van der Waals surface area contributed by atoms with E-state index in [9.17, 15) is 13.2 Å². The number of ether oxygens (including phenoxy) is 1. The highest BCUT2D eigenvalue weighted by Crippen LogP contribution is 2.29. The molecule has 0 radical (unpaired) electrons. The molecule has 0 bridgehead atoms. The van der Waals surface area contributed by atoms with E-state index in [1.165, 1.54) is 0 Å². The summed E-state index contributed by atoms with van der Waals surface area (Å²) in [5, 5.41) is 0. The van der Waals surface area contributed by atoms with Gasteiger partial charge in [0.25, 0.3) is 9.05 Å². The van der Waals surface area contributed by atoms with Crippen molar-refractivity contribution < 1.29 is 22.4 Å². The molecular weight excluding hydrogens is 360 g/mol. The maximum absolute atomic E-state index is 11.7. The van der Waals surface area contributed by atoms with Gasteiger partial charge in [0.2, 0.25) is 5.76 Å². The summed E-state index contributed by atoms with van der Waals surface area (Å²) in [5.74, 6) is -0.471. The predicted molar refractivity (Wildman–Crippen MR) is 71.7 cm³/mol. The van der Waals surface area contributed by atoms with E-state index in [0.717, 1.165) is 31.7 Å². The quantitative estimate of drug-likeness (QED) is 0.599. The Morgan fingerprint density at radius 1 is 1.47 bits per heavy atom. The summed E-state index contributed by atoms with van der Waals surface area (Å²) in [4.78, 5) is 11.4. The number of rotatable bonds is 4. The third-order valence-corrected chi connectivity index (χ3v) is 5.22. The van der Waals surface area contributed by atoms with Crippen LogP contribution in [0.15, 0.2) is 20.0 Å². The molecule has 1 fully saturated rings. The first-order chi connectivity index (χ1) is 8.88. The van der Waals surface area contributed by atoms with Gasteiger partial charge in [-0.1, -0.05) is 12.8 Å². The van der Waals surface area contributed by atoms with E-state index in [0.29, 0.717) is 12.5 Å². The number of furan rings is 1. The van der Waals surface area contributed by atoms with Crippen molar-refractivity contribution >= 4 is 41.6 Å². The van der Waals surface area contributed by atoms with Gasteiger partial charge in [-0.3, -0.25) is 0 Å². The molecule has 1 aromatic rings. The van der Waals surface area contributed by atoms with E-state index in [-0.39, 0.29) is 15.3 Å². The molecule has 0 amide bonds. The first-order valence-electron chi connectivity index (χ1n) is 5.79. The average Bonchev–Trinajstić information content (AvgIpc) is 2.93. The number of carbonyl (C=O) groups excluding carboxylic acids is 1. The Morgan fingerprint density at radius 3 is 2.63 bits per heavy atom. The standard InChI is InChI=1S/C11H12BrClO5S/c12-10-9(19(13,15)16)5-8(18-10)11(14)17-6-7-3-1-2-4-7/h5,7H,1-4,6H2. The van der Waals surface area contributed by atoms with E-state index in [1.807, 2.05) is 0 Å². The Hall–Kier alpha value is -0.530. The fraction of sp³-hybridized carbons (Fsp3) is 0.545. The second-order valence-electron chi connectivity index (χ2n) is 4.44. The lowest BCUT2D eigenvalue weighted by Crippen LogP contribution is -2.11. The Bertz CT molecular complexity index is 574. The molecule has 5 nitrogen and oxygen atoms in total. The lowest BCUT2D eigenvalue weighted by molar-refractivity contribution is 0.0405. The fourth-order valence-electron chi connectivity index (χ4n) is 2.06. The zero-order valence-corrected chi connectivity index (χ0v) is 13.1. The van der Waals surface area contributed by atoms with Crippen LogP contribution in [0.5, 0.6) is 0 Å². The Kier molecular flexibility index (Phi) is 4.58. The first-order valence-corrected chi connectivity index (χ1v) is 8.89. The molecule has 1 aliphatic carbocycles. The van der Waals surface area contributed by atoms with Gasteiger partial charge in [0.1, 0.15) is 4.90 Å². The van der Waals surface area contributed by atoms with Crippen molar-refractivity contribution in [3.05, 3.63) is 16.5 Å². The molecule has 0 aromatic carbocycles. The first kappa shape index (κ1) is 14.9. The minimum atomic E-state index is -3.95. The molecule has 19 heavy (non-hydrogen) atoms. The molecule has 1 saturated carbocycles. The summed E-state index contributed by atoms with van der Waals surface area (Å²) in [6, 6.07) is 1.06. The van der Waals surface area contributed by atoms with Crippen LogP contribution in [-0.2, 0) is 13.8 Å². The number of hydrogen-bond donors (Lipinski definition) is 0. The van der Waals surface area contributed by atoms with Crippen LogP contribution in [0, 0.1) is 5.92 Å². The summed E-state index contributed by atoms with van der Waals surface area (Å²) in [5.41, 5.74) is 0. The summed E-state index contributed by atoms with van der Waals surface area (Å²) >= 11 is 2.90. The molecule has 1 aromatic heterocycles. The highest BCUT2D eigenvalue weighted by molar-refractivity contribution is 9.10. The number of carbonyl (C=O) groups is 1. The molecule has 8 heteroatoms. The van der Waals surface area contributed by atoms with Crippen molar-refractivity contribution in [1.29, 1.82) is 0 Å². The second-order valence-corrected chi connectivity index (χ2v) is 7.69. The second kappa shape index (κ2) is 5.85. The van der Waals surface area contributed by atoms with Gasteiger partial charge in [0.05, 0.1) is 6.61 Å². The van der Waals surface area contributed by atoms with Gasteiger partial charge in [0, 0.05) is 16.7 Å². The molecule has 2 rings (SSSR count).